The maximum absolute atomic E-state index is 15.4. The smallest absolute Gasteiger partial charge is 0.335 e. The van der Waals surface area contributed by atoms with E-state index in [-0.39, 0.29) is 17.9 Å². The zero-order valence-corrected chi connectivity index (χ0v) is 32.9. The molecule has 0 fully saturated rings. The number of aromatic carboxylic acids is 1. The van der Waals surface area contributed by atoms with Crippen molar-refractivity contribution in [2.45, 2.75) is 6.54 Å². The highest BCUT2D eigenvalue weighted by Crippen LogP contribution is 2.31. The average Bonchev–Trinajstić information content (AvgIpc) is 3.34. The first-order valence-corrected chi connectivity index (χ1v) is 18.3. The first kappa shape index (κ1) is 50.6. The fraction of sp³-hybridized carbons (Fsp3) is 0.0233. The van der Waals surface area contributed by atoms with Crippen LogP contribution in [0.3, 0.4) is 0 Å². The standard InChI is InChI=1S/C24BF20.C19H14N2O3/c26-5-1(6(27)14(35)21(42)13(5)34)25(2-7(28)15(36)22(43)16(37)8(2)29,3-9(30)17(38)23(44)18(39)10(3)31)4-11(32)19(40)24(45)20(41)12(4)33;22-18(14-5-2-1-3-6-14)13-21-10-9-20-17(12-21)15-7-4-8-16(11-15)19(23)24/h;1-12H,13H2/q-1;/p+1. The predicted molar refractivity (Wildman–Crippen MR) is 197 cm³/mol. The summed E-state index contributed by atoms with van der Waals surface area (Å²) in [6.07, 6.45) is -2.17. The van der Waals surface area contributed by atoms with Crippen LogP contribution < -0.4 is 26.4 Å². The van der Waals surface area contributed by atoms with E-state index in [4.69, 9.17) is 5.11 Å². The summed E-state index contributed by atoms with van der Waals surface area (Å²) in [4.78, 5) is 27.6. The third kappa shape index (κ3) is 8.36. The largest absolute Gasteiger partial charge is 0.478 e. The van der Waals surface area contributed by atoms with E-state index in [1.54, 1.807) is 53.5 Å². The summed E-state index contributed by atoms with van der Waals surface area (Å²) < 4.78 is 296. The van der Waals surface area contributed by atoms with Crippen LogP contribution in [-0.2, 0) is 6.54 Å². The molecule has 5 nitrogen and oxygen atoms in total. The van der Waals surface area contributed by atoms with E-state index in [1.165, 1.54) is 6.07 Å². The Bertz CT molecular complexity index is 2890. The van der Waals surface area contributed by atoms with E-state index in [1.807, 2.05) is 18.2 Å². The van der Waals surface area contributed by atoms with Crippen LogP contribution in [0.5, 0.6) is 0 Å². The number of aromatic nitrogens is 2. The van der Waals surface area contributed by atoms with Crippen LogP contribution in [0.4, 0.5) is 87.8 Å². The monoisotopic (exact) mass is 998 g/mol. The van der Waals surface area contributed by atoms with E-state index < -0.39 is 150 Å². The summed E-state index contributed by atoms with van der Waals surface area (Å²) >= 11 is 0. The Kier molecular flexibility index (Phi) is 14.0. The molecule has 0 atom stereocenters. The second-order valence-electron chi connectivity index (χ2n) is 14.1. The molecule has 358 valence electrons. The van der Waals surface area contributed by atoms with Gasteiger partial charge in [-0.1, -0.05) is 42.5 Å². The Labute approximate surface area is 370 Å². The van der Waals surface area contributed by atoms with Crippen LogP contribution in [0.1, 0.15) is 20.7 Å². The first-order valence-electron chi connectivity index (χ1n) is 18.3. The number of halogens is 20. The molecule has 0 aliphatic carbocycles. The number of carboxylic acids is 1. The lowest BCUT2D eigenvalue weighted by Crippen LogP contribution is -2.81. The molecule has 1 heterocycles. The number of carboxylic acid groups (broad SMARTS) is 1. The number of rotatable bonds is 9. The minimum absolute atomic E-state index is 0.00274. The SMILES string of the molecule is Fc1c(F)c(F)c([B-](c2c(F)c(F)c(F)c(F)c2F)(c2c(F)c(F)c(F)c(F)c2F)c2c(F)c(F)c(F)c(F)c2F)c(F)c1F.O=C(O)c1cccc(-c2c[n+](CC(=O)c3ccccc3)ccn2)c1. The van der Waals surface area contributed by atoms with E-state index in [2.05, 4.69) is 4.98 Å². The molecule has 0 saturated carbocycles. The summed E-state index contributed by atoms with van der Waals surface area (Å²) in [5.41, 5.74) is -12.2. The molecule has 69 heavy (non-hydrogen) atoms. The van der Waals surface area contributed by atoms with Gasteiger partial charge in [0.05, 0.1) is 11.8 Å². The van der Waals surface area contributed by atoms with Gasteiger partial charge in [-0.2, -0.15) is 4.57 Å². The third-order valence-electron chi connectivity index (χ3n) is 10.3. The van der Waals surface area contributed by atoms with E-state index in [0.717, 1.165) is 0 Å². The van der Waals surface area contributed by atoms with Gasteiger partial charge in [-0.15, -0.1) is 21.9 Å². The number of nitrogens with zero attached hydrogens (tertiary/aromatic N) is 2. The van der Waals surface area contributed by atoms with Crippen molar-refractivity contribution in [1.82, 2.24) is 4.98 Å². The summed E-state index contributed by atoms with van der Waals surface area (Å²) in [6.45, 7) is 0.193. The number of carbonyl (C=O) groups excluding carboxylic acids is 1. The second kappa shape index (κ2) is 19.1. The van der Waals surface area contributed by atoms with Gasteiger partial charge in [0.2, 0.25) is 12.3 Å². The van der Waals surface area contributed by atoms with Gasteiger partial charge < -0.3 is 5.11 Å². The van der Waals surface area contributed by atoms with Crippen molar-refractivity contribution in [2.24, 2.45) is 0 Å². The number of hydrogen-bond donors (Lipinski definition) is 1. The minimum atomic E-state index is -7.22. The van der Waals surface area contributed by atoms with Crippen LogP contribution in [-0.4, -0.2) is 28.0 Å². The molecular weight excluding hydrogens is 983 g/mol. The van der Waals surface area contributed by atoms with Crippen molar-refractivity contribution < 1.29 is 107 Å². The lowest BCUT2D eigenvalue weighted by atomic mass is 9.12. The molecule has 6 aromatic carbocycles. The summed E-state index contributed by atoms with van der Waals surface area (Å²) in [6, 6.07) is 15.6. The molecule has 26 heteroatoms. The Morgan fingerprint density at radius 3 is 1.09 bits per heavy atom. The van der Waals surface area contributed by atoms with Crippen molar-refractivity contribution in [2.75, 3.05) is 0 Å². The fourth-order valence-electron chi connectivity index (χ4n) is 7.25. The molecule has 0 aliphatic rings. The summed E-state index contributed by atoms with van der Waals surface area (Å²) in [7, 11) is 0. The molecule has 0 radical (unpaired) electrons. The maximum atomic E-state index is 15.4. The second-order valence-corrected chi connectivity index (χ2v) is 14.1. The first-order chi connectivity index (χ1) is 32.3. The zero-order chi connectivity index (χ0) is 51.3. The van der Waals surface area contributed by atoms with Crippen LogP contribution in [0.2, 0.25) is 0 Å². The lowest BCUT2D eigenvalue weighted by Gasteiger charge is -2.44. The van der Waals surface area contributed by atoms with Crippen molar-refractivity contribution in [3.05, 3.63) is 201 Å². The highest BCUT2D eigenvalue weighted by atomic mass is 19.2. The maximum Gasteiger partial charge on any atom is 0.335 e. The molecule has 1 aromatic heterocycles. The molecule has 1 N–H and O–H groups in total. The van der Waals surface area contributed by atoms with E-state index in [0.29, 0.717) is 16.8 Å². The molecule has 7 aromatic rings. The average molecular weight is 998 g/mol. The molecule has 7 rings (SSSR count). The number of hydrogen-bond acceptors (Lipinski definition) is 3. The van der Waals surface area contributed by atoms with Crippen molar-refractivity contribution in [3.63, 3.8) is 0 Å². The topological polar surface area (TPSA) is 71.1 Å². The molecule has 0 bridgehead atoms. The summed E-state index contributed by atoms with van der Waals surface area (Å²) in [5.74, 6) is -72.4. The van der Waals surface area contributed by atoms with Gasteiger partial charge in [-0.25, -0.2) is 97.6 Å². The molecule has 0 unspecified atom stereocenters. The number of Topliss-reactive ketones (excluding diaryl/α,β-unsaturated/α-hetero) is 1. The van der Waals surface area contributed by atoms with Gasteiger partial charge >= 0.3 is 5.97 Å². The van der Waals surface area contributed by atoms with Crippen molar-refractivity contribution in [3.8, 4) is 11.3 Å². The fourth-order valence-corrected chi connectivity index (χ4v) is 7.25. The van der Waals surface area contributed by atoms with Gasteiger partial charge in [0.15, 0.2) is 82.2 Å². The van der Waals surface area contributed by atoms with Crippen LogP contribution in [0.25, 0.3) is 11.3 Å². The van der Waals surface area contributed by atoms with Gasteiger partial charge in [0.1, 0.15) is 58.4 Å². The molecular formula is C43H15BF20N2O3. The van der Waals surface area contributed by atoms with E-state index >= 15 is 35.1 Å². The molecule has 0 amide bonds. The zero-order valence-electron chi connectivity index (χ0n) is 32.9. The quantitative estimate of drug-likeness (QED) is 0.0394. The normalized spacial score (nSPS) is 11.4. The molecule has 0 spiro atoms. The van der Waals surface area contributed by atoms with Crippen molar-refractivity contribution >= 4 is 39.7 Å². The Balaban J connectivity index is 0.000000273. The highest BCUT2D eigenvalue weighted by Gasteiger charge is 2.52. The van der Waals surface area contributed by atoms with Gasteiger partial charge in [-0.3, -0.25) is 4.79 Å². The Morgan fingerprint density at radius 2 is 0.754 bits per heavy atom. The lowest BCUT2D eigenvalue weighted by molar-refractivity contribution is -0.683. The van der Waals surface area contributed by atoms with Crippen LogP contribution in [0.15, 0.2) is 73.2 Å². The van der Waals surface area contributed by atoms with E-state index in [9.17, 15) is 62.3 Å². The van der Waals surface area contributed by atoms with Gasteiger partial charge in [-0.05, 0) is 12.1 Å². The number of ketones is 1. The minimum Gasteiger partial charge on any atom is -0.478 e. The Hall–Kier alpha value is -7.80. The van der Waals surface area contributed by atoms with Crippen LogP contribution >= 0.6 is 0 Å². The van der Waals surface area contributed by atoms with Gasteiger partial charge in [0.25, 0.3) is 0 Å². The molecule has 0 saturated heterocycles. The third-order valence-corrected chi connectivity index (χ3v) is 10.3. The number of carbonyl (C=O) groups is 2. The Morgan fingerprint density at radius 1 is 0.435 bits per heavy atom. The van der Waals surface area contributed by atoms with Crippen LogP contribution in [0, 0.1) is 116 Å². The van der Waals surface area contributed by atoms with Crippen molar-refractivity contribution in [1.29, 1.82) is 0 Å². The molecule has 0 aliphatic heterocycles. The predicted octanol–water partition coefficient (Wildman–Crippen LogP) is 8.46. The summed E-state index contributed by atoms with van der Waals surface area (Å²) in [5, 5.41) is 9.09. The number of benzene rings is 6. The highest BCUT2D eigenvalue weighted by molar-refractivity contribution is 7.20. The van der Waals surface area contributed by atoms with Gasteiger partial charge in [0, 0.05) is 11.1 Å².